The molecular formula is C26H38N6O5. The lowest BCUT2D eigenvalue weighted by atomic mass is 10.1. The summed E-state index contributed by atoms with van der Waals surface area (Å²) in [4.78, 5) is 26.6. The van der Waals surface area contributed by atoms with Gasteiger partial charge in [-0.05, 0) is 43.4 Å². The maximum atomic E-state index is 11.1. The van der Waals surface area contributed by atoms with E-state index in [1.54, 1.807) is 7.11 Å². The Morgan fingerprint density at radius 2 is 1.89 bits per heavy atom. The van der Waals surface area contributed by atoms with Gasteiger partial charge in [0, 0.05) is 26.2 Å². The molecule has 2 heterocycles. The molecule has 202 valence electrons. The first kappa shape index (κ1) is 28.1. The van der Waals surface area contributed by atoms with Crippen molar-refractivity contribution in [1.29, 1.82) is 0 Å². The SMILES string of the molecule is CCCCOc1nc(N)c2nc(OC)n(CCCCN(CCCO)Cc3cccc(CC(=O)O)c3)c2n1. The Balaban J connectivity index is 1.65. The number of hydrogen-bond acceptors (Lipinski definition) is 9. The summed E-state index contributed by atoms with van der Waals surface area (Å²) in [6.07, 6.45) is 4.32. The standard InChI is InChI=1S/C26H38N6O5/c1-3-4-15-37-25-29-23(27)22-24(30-25)32(26(28-22)36-2)13-6-5-11-31(12-8-14-33)18-20-10-7-9-19(16-20)17-21(34)35/h7,9-10,16,33H,3-6,8,11-15,17-18H2,1-2H3,(H,34,35)(H2,27,29,30). The molecule has 3 aromatic rings. The molecule has 0 saturated carbocycles. The molecular weight excluding hydrogens is 476 g/mol. The zero-order valence-electron chi connectivity index (χ0n) is 21.7. The van der Waals surface area contributed by atoms with Crippen LogP contribution in [-0.2, 0) is 24.3 Å². The van der Waals surface area contributed by atoms with Gasteiger partial charge in [-0.2, -0.15) is 15.0 Å². The predicted molar refractivity (Wildman–Crippen MR) is 141 cm³/mol. The molecule has 0 fully saturated rings. The molecule has 4 N–H and O–H groups in total. The fraction of sp³-hybridized carbons (Fsp3) is 0.538. The Labute approximate surface area is 217 Å². The molecule has 0 atom stereocenters. The van der Waals surface area contributed by atoms with Crippen LogP contribution >= 0.6 is 0 Å². The number of ether oxygens (including phenoxy) is 2. The van der Waals surface area contributed by atoms with Gasteiger partial charge in [0.1, 0.15) is 0 Å². The summed E-state index contributed by atoms with van der Waals surface area (Å²) in [6, 6.07) is 8.32. The molecule has 3 rings (SSSR count). The van der Waals surface area contributed by atoms with Gasteiger partial charge in [-0.3, -0.25) is 14.3 Å². The average molecular weight is 515 g/mol. The third-order valence-corrected chi connectivity index (χ3v) is 5.97. The van der Waals surface area contributed by atoms with Gasteiger partial charge < -0.3 is 25.4 Å². The van der Waals surface area contributed by atoms with Crippen molar-refractivity contribution in [2.24, 2.45) is 0 Å². The number of nitrogens with zero attached hydrogens (tertiary/aromatic N) is 5. The highest BCUT2D eigenvalue weighted by molar-refractivity contribution is 5.83. The minimum absolute atomic E-state index is 0.00457. The topological polar surface area (TPSA) is 149 Å². The number of anilines is 1. The van der Waals surface area contributed by atoms with E-state index in [9.17, 15) is 9.90 Å². The Morgan fingerprint density at radius 1 is 1.11 bits per heavy atom. The number of nitrogens with two attached hydrogens (primary N) is 1. The Bertz CT molecular complexity index is 1150. The van der Waals surface area contributed by atoms with E-state index in [0.717, 1.165) is 49.9 Å². The van der Waals surface area contributed by atoms with Crippen LogP contribution in [0.5, 0.6) is 12.0 Å². The number of fused-ring (bicyclic) bond motifs is 1. The van der Waals surface area contributed by atoms with Crippen molar-refractivity contribution < 1.29 is 24.5 Å². The smallest absolute Gasteiger partial charge is 0.320 e. The van der Waals surface area contributed by atoms with E-state index in [-0.39, 0.29) is 24.9 Å². The summed E-state index contributed by atoms with van der Waals surface area (Å²) in [5.41, 5.74) is 9.05. The van der Waals surface area contributed by atoms with Crippen LogP contribution in [0.25, 0.3) is 11.2 Å². The monoisotopic (exact) mass is 514 g/mol. The number of rotatable bonds is 17. The molecule has 11 nitrogen and oxygen atoms in total. The van der Waals surface area contributed by atoms with Crippen molar-refractivity contribution in [3.63, 3.8) is 0 Å². The van der Waals surface area contributed by atoms with Gasteiger partial charge in [-0.25, -0.2) is 0 Å². The van der Waals surface area contributed by atoms with Crippen molar-refractivity contribution in [1.82, 2.24) is 24.4 Å². The molecule has 0 spiro atoms. The molecule has 0 aliphatic heterocycles. The second kappa shape index (κ2) is 14.3. The van der Waals surface area contributed by atoms with Gasteiger partial charge in [0.2, 0.25) is 0 Å². The molecule has 0 bridgehead atoms. The van der Waals surface area contributed by atoms with E-state index in [1.807, 2.05) is 28.8 Å². The van der Waals surface area contributed by atoms with E-state index >= 15 is 0 Å². The number of aromatic nitrogens is 4. The predicted octanol–water partition coefficient (Wildman–Crippen LogP) is 2.89. The van der Waals surface area contributed by atoms with Crippen LogP contribution in [0.2, 0.25) is 0 Å². The number of benzene rings is 1. The zero-order valence-corrected chi connectivity index (χ0v) is 21.7. The van der Waals surface area contributed by atoms with Crippen molar-refractivity contribution in [2.75, 3.05) is 39.1 Å². The van der Waals surface area contributed by atoms with E-state index in [0.29, 0.717) is 43.3 Å². The lowest BCUT2D eigenvalue weighted by molar-refractivity contribution is -0.136. The van der Waals surface area contributed by atoms with Crippen molar-refractivity contribution in [3.05, 3.63) is 35.4 Å². The number of carbonyl (C=O) groups is 1. The van der Waals surface area contributed by atoms with E-state index in [2.05, 4.69) is 26.8 Å². The summed E-state index contributed by atoms with van der Waals surface area (Å²) in [5, 5.41) is 18.4. The van der Waals surface area contributed by atoms with Gasteiger partial charge in [-0.15, -0.1) is 0 Å². The van der Waals surface area contributed by atoms with Crippen LogP contribution in [0.1, 0.15) is 50.2 Å². The number of aliphatic hydroxyl groups excluding tert-OH is 1. The second-order valence-electron chi connectivity index (χ2n) is 8.97. The number of aliphatic hydroxyl groups is 1. The molecule has 0 saturated heterocycles. The quantitative estimate of drug-likeness (QED) is 0.230. The van der Waals surface area contributed by atoms with Crippen LogP contribution in [-0.4, -0.2) is 74.0 Å². The Kier molecular flexibility index (Phi) is 10.9. The zero-order chi connectivity index (χ0) is 26.6. The number of hydrogen-bond donors (Lipinski definition) is 3. The fourth-order valence-electron chi connectivity index (χ4n) is 4.15. The summed E-state index contributed by atoms with van der Waals surface area (Å²) in [6.45, 7) is 5.62. The van der Waals surface area contributed by atoms with Gasteiger partial charge in [0.05, 0.1) is 20.1 Å². The van der Waals surface area contributed by atoms with Crippen LogP contribution in [0.3, 0.4) is 0 Å². The lowest BCUT2D eigenvalue weighted by Crippen LogP contribution is -2.26. The van der Waals surface area contributed by atoms with Gasteiger partial charge in [-0.1, -0.05) is 37.6 Å². The minimum Gasteiger partial charge on any atom is -0.481 e. The minimum atomic E-state index is -0.844. The number of aryl methyl sites for hydroxylation is 1. The number of imidazole rings is 1. The van der Waals surface area contributed by atoms with Gasteiger partial charge in [0.15, 0.2) is 17.0 Å². The van der Waals surface area contributed by atoms with E-state index < -0.39 is 5.97 Å². The summed E-state index contributed by atoms with van der Waals surface area (Å²) in [5.74, 6) is -0.586. The van der Waals surface area contributed by atoms with Crippen LogP contribution < -0.4 is 15.2 Å². The number of nitrogen functional groups attached to an aromatic ring is 1. The molecule has 0 aliphatic rings. The number of unbranched alkanes of at least 4 members (excludes halogenated alkanes) is 2. The fourth-order valence-corrected chi connectivity index (χ4v) is 4.15. The molecule has 2 aromatic heterocycles. The average Bonchev–Trinajstić information content (AvgIpc) is 3.23. The summed E-state index contributed by atoms with van der Waals surface area (Å²) < 4.78 is 13.0. The summed E-state index contributed by atoms with van der Waals surface area (Å²) in [7, 11) is 1.56. The van der Waals surface area contributed by atoms with Crippen molar-refractivity contribution >= 4 is 23.0 Å². The maximum Gasteiger partial charge on any atom is 0.320 e. The molecule has 37 heavy (non-hydrogen) atoms. The number of aliphatic carboxylic acids is 1. The second-order valence-corrected chi connectivity index (χ2v) is 8.97. The van der Waals surface area contributed by atoms with Gasteiger partial charge >= 0.3 is 12.0 Å². The first-order valence-corrected chi connectivity index (χ1v) is 12.8. The Morgan fingerprint density at radius 3 is 2.62 bits per heavy atom. The maximum absolute atomic E-state index is 11.1. The largest absolute Gasteiger partial charge is 0.481 e. The molecule has 0 aliphatic carbocycles. The van der Waals surface area contributed by atoms with Crippen molar-refractivity contribution in [3.8, 4) is 12.0 Å². The third-order valence-electron chi connectivity index (χ3n) is 5.97. The van der Waals surface area contributed by atoms with E-state index in [1.165, 1.54) is 0 Å². The first-order valence-electron chi connectivity index (χ1n) is 12.8. The Hall–Kier alpha value is -3.44. The highest BCUT2D eigenvalue weighted by Gasteiger charge is 2.18. The lowest BCUT2D eigenvalue weighted by Gasteiger charge is -2.22. The van der Waals surface area contributed by atoms with Crippen LogP contribution in [0.15, 0.2) is 24.3 Å². The molecule has 11 heteroatoms. The molecule has 0 unspecified atom stereocenters. The normalized spacial score (nSPS) is 11.4. The number of carboxylic acid groups (broad SMARTS) is 1. The molecule has 1 aromatic carbocycles. The molecule has 0 radical (unpaired) electrons. The van der Waals surface area contributed by atoms with E-state index in [4.69, 9.17) is 20.3 Å². The van der Waals surface area contributed by atoms with Crippen LogP contribution in [0.4, 0.5) is 5.82 Å². The number of carboxylic acids is 1. The third kappa shape index (κ3) is 8.29. The number of methoxy groups -OCH3 is 1. The molecule has 0 amide bonds. The highest BCUT2D eigenvalue weighted by Crippen LogP contribution is 2.26. The first-order chi connectivity index (χ1) is 17.9. The van der Waals surface area contributed by atoms with Crippen molar-refractivity contribution in [2.45, 2.75) is 58.5 Å². The van der Waals surface area contributed by atoms with Gasteiger partial charge in [0.25, 0.3) is 6.01 Å². The van der Waals surface area contributed by atoms with Crippen LogP contribution in [0, 0.1) is 0 Å². The highest BCUT2D eigenvalue weighted by atomic mass is 16.5. The summed E-state index contributed by atoms with van der Waals surface area (Å²) >= 11 is 0.